The zero-order valence-electron chi connectivity index (χ0n) is 17.9. The molecule has 4 aromatic rings. The van der Waals surface area contributed by atoms with Gasteiger partial charge in [-0.15, -0.1) is 0 Å². The van der Waals surface area contributed by atoms with Crippen LogP contribution < -0.4 is 16.2 Å². The predicted molar refractivity (Wildman–Crippen MR) is 133 cm³/mol. The van der Waals surface area contributed by atoms with Gasteiger partial charge in [0.05, 0.1) is 22.9 Å². The number of hydrogen-bond donors (Lipinski definition) is 2. The standard InChI is InChI=1S/C24H22Cl2N6O/c1-14(24-28-9-3-10-29-24)30-19-12-20(33)32(13-15-6-7-15)22-16(19)4-2-5-18(22)31-17-8-11-27-23(26)21(17)25/h2-5,8-12,14-15,30H,6-7,13H2,1H3,(H,27,31). The van der Waals surface area contributed by atoms with E-state index in [9.17, 15) is 4.79 Å². The lowest BCUT2D eigenvalue weighted by Crippen LogP contribution is -2.23. The van der Waals surface area contributed by atoms with Gasteiger partial charge in [0.2, 0.25) is 0 Å². The third-order valence-corrected chi connectivity index (χ3v) is 6.49. The Morgan fingerprint density at radius 3 is 2.58 bits per heavy atom. The van der Waals surface area contributed by atoms with Crippen molar-refractivity contribution in [1.82, 2.24) is 19.5 Å². The van der Waals surface area contributed by atoms with E-state index in [2.05, 4.69) is 25.6 Å². The quantitative estimate of drug-likeness (QED) is 0.324. The number of nitrogens with zero attached hydrogens (tertiary/aromatic N) is 4. The van der Waals surface area contributed by atoms with Crippen LogP contribution in [-0.2, 0) is 6.54 Å². The maximum absolute atomic E-state index is 13.3. The topological polar surface area (TPSA) is 84.7 Å². The van der Waals surface area contributed by atoms with Gasteiger partial charge in [0.25, 0.3) is 5.56 Å². The molecule has 5 rings (SSSR count). The van der Waals surface area contributed by atoms with E-state index in [-0.39, 0.29) is 16.8 Å². The number of halogens is 2. The summed E-state index contributed by atoms with van der Waals surface area (Å²) < 4.78 is 1.85. The fraction of sp³-hybridized carbons (Fsp3) is 0.250. The van der Waals surface area contributed by atoms with Crippen molar-refractivity contribution >= 4 is 51.2 Å². The molecular formula is C24H22Cl2N6O. The van der Waals surface area contributed by atoms with Crippen LogP contribution in [0.1, 0.15) is 31.6 Å². The molecule has 33 heavy (non-hydrogen) atoms. The molecule has 0 amide bonds. The molecule has 0 aliphatic heterocycles. The SMILES string of the molecule is CC(Nc1cc(=O)n(CC2CC2)c2c(Nc3ccnc(Cl)c3Cl)cccc12)c1ncccn1. The molecular weight excluding hydrogens is 459 g/mol. The molecule has 1 aromatic carbocycles. The molecule has 1 atom stereocenters. The highest BCUT2D eigenvalue weighted by Gasteiger charge is 2.25. The van der Waals surface area contributed by atoms with E-state index >= 15 is 0 Å². The van der Waals surface area contributed by atoms with Gasteiger partial charge in [-0.3, -0.25) is 4.79 Å². The molecule has 1 aliphatic rings. The molecule has 1 fully saturated rings. The second kappa shape index (κ2) is 9.00. The lowest BCUT2D eigenvalue weighted by atomic mass is 10.1. The fourth-order valence-electron chi connectivity index (χ4n) is 3.89. The van der Waals surface area contributed by atoms with Gasteiger partial charge in [-0.25, -0.2) is 15.0 Å². The summed E-state index contributed by atoms with van der Waals surface area (Å²) >= 11 is 12.5. The maximum atomic E-state index is 13.3. The Bertz CT molecular complexity index is 1370. The monoisotopic (exact) mass is 480 g/mol. The van der Waals surface area contributed by atoms with E-state index in [1.54, 1.807) is 36.8 Å². The second-order valence-corrected chi connectivity index (χ2v) is 8.95. The normalized spacial score (nSPS) is 14.3. The van der Waals surface area contributed by atoms with Gasteiger partial charge in [0.1, 0.15) is 16.0 Å². The first-order chi connectivity index (χ1) is 16.0. The molecule has 1 saturated carbocycles. The average molecular weight is 481 g/mol. The second-order valence-electron chi connectivity index (χ2n) is 8.21. The Morgan fingerprint density at radius 2 is 1.82 bits per heavy atom. The van der Waals surface area contributed by atoms with Crippen LogP contribution in [0, 0.1) is 5.92 Å². The number of hydrogen-bond acceptors (Lipinski definition) is 6. The van der Waals surface area contributed by atoms with E-state index in [0.717, 1.165) is 35.1 Å². The Morgan fingerprint density at radius 1 is 1.03 bits per heavy atom. The van der Waals surface area contributed by atoms with Crippen LogP contribution in [0.3, 0.4) is 0 Å². The summed E-state index contributed by atoms with van der Waals surface area (Å²) in [5, 5.41) is 8.25. The number of anilines is 3. The molecule has 3 aromatic heterocycles. The molecule has 1 aliphatic carbocycles. The van der Waals surface area contributed by atoms with E-state index in [1.165, 1.54) is 0 Å². The smallest absolute Gasteiger partial charge is 0.253 e. The first-order valence-corrected chi connectivity index (χ1v) is 11.5. The van der Waals surface area contributed by atoms with Gasteiger partial charge in [0, 0.05) is 42.3 Å². The van der Waals surface area contributed by atoms with Crippen molar-refractivity contribution in [1.29, 1.82) is 0 Å². The first kappa shape index (κ1) is 21.7. The van der Waals surface area contributed by atoms with E-state index in [1.807, 2.05) is 29.7 Å². The van der Waals surface area contributed by atoms with Crippen molar-refractivity contribution in [2.45, 2.75) is 32.4 Å². The van der Waals surface area contributed by atoms with E-state index < -0.39 is 0 Å². The van der Waals surface area contributed by atoms with Crippen LogP contribution in [0.25, 0.3) is 10.9 Å². The highest BCUT2D eigenvalue weighted by Crippen LogP contribution is 2.37. The van der Waals surface area contributed by atoms with Gasteiger partial charge in [-0.2, -0.15) is 0 Å². The van der Waals surface area contributed by atoms with Crippen molar-refractivity contribution in [3.8, 4) is 0 Å². The minimum Gasteiger partial charge on any atom is -0.375 e. The van der Waals surface area contributed by atoms with Crippen LogP contribution in [-0.4, -0.2) is 19.5 Å². The van der Waals surface area contributed by atoms with Crippen molar-refractivity contribution in [3.05, 3.63) is 81.3 Å². The summed E-state index contributed by atoms with van der Waals surface area (Å²) in [5.41, 5.74) is 2.86. The third kappa shape index (κ3) is 4.51. The maximum Gasteiger partial charge on any atom is 0.253 e. The van der Waals surface area contributed by atoms with Crippen molar-refractivity contribution in [2.24, 2.45) is 5.92 Å². The zero-order chi connectivity index (χ0) is 22.9. The van der Waals surface area contributed by atoms with Gasteiger partial charge < -0.3 is 15.2 Å². The van der Waals surface area contributed by atoms with Crippen LogP contribution in [0.15, 0.2) is 59.8 Å². The predicted octanol–water partition coefficient (Wildman–Crippen LogP) is 5.82. The molecule has 168 valence electrons. The molecule has 0 spiro atoms. The fourth-order valence-corrected chi connectivity index (χ4v) is 4.21. The van der Waals surface area contributed by atoms with Crippen LogP contribution in [0.4, 0.5) is 17.1 Å². The van der Waals surface area contributed by atoms with Crippen molar-refractivity contribution in [2.75, 3.05) is 10.6 Å². The molecule has 0 radical (unpaired) electrons. The first-order valence-electron chi connectivity index (χ1n) is 10.8. The van der Waals surface area contributed by atoms with E-state index in [0.29, 0.717) is 29.0 Å². The zero-order valence-corrected chi connectivity index (χ0v) is 19.4. The van der Waals surface area contributed by atoms with Crippen molar-refractivity contribution < 1.29 is 0 Å². The number of nitrogens with one attached hydrogen (secondary N) is 2. The van der Waals surface area contributed by atoms with E-state index in [4.69, 9.17) is 23.2 Å². The molecule has 2 N–H and O–H groups in total. The van der Waals surface area contributed by atoms with Gasteiger partial charge in [0.15, 0.2) is 0 Å². The molecule has 0 saturated heterocycles. The number of benzene rings is 1. The summed E-state index contributed by atoms with van der Waals surface area (Å²) in [7, 11) is 0. The Hall–Kier alpha value is -3.16. The molecule has 9 heteroatoms. The van der Waals surface area contributed by atoms with Gasteiger partial charge in [-0.05, 0) is 43.9 Å². The third-order valence-electron chi connectivity index (χ3n) is 5.73. The summed E-state index contributed by atoms with van der Waals surface area (Å²) in [6.07, 6.45) is 7.28. The molecule has 0 bridgehead atoms. The highest BCUT2D eigenvalue weighted by atomic mass is 35.5. The largest absolute Gasteiger partial charge is 0.375 e. The minimum atomic E-state index is -0.182. The lowest BCUT2D eigenvalue weighted by molar-refractivity contribution is 0.627. The number of pyridine rings is 2. The van der Waals surface area contributed by atoms with Gasteiger partial charge >= 0.3 is 0 Å². The summed E-state index contributed by atoms with van der Waals surface area (Å²) in [5.74, 6) is 1.17. The summed E-state index contributed by atoms with van der Waals surface area (Å²) in [6.45, 7) is 2.65. The van der Waals surface area contributed by atoms with Crippen LogP contribution in [0.2, 0.25) is 10.2 Å². The summed E-state index contributed by atoms with van der Waals surface area (Å²) in [4.78, 5) is 25.9. The molecule has 3 heterocycles. The number of fused-ring (bicyclic) bond motifs is 1. The van der Waals surface area contributed by atoms with Gasteiger partial charge in [-0.1, -0.05) is 35.3 Å². The number of aromatic nitrogens is 4. The van der Waals surface area contributed by atoms with Crippen LogP contribution in [0.5, 0.6) is 0 Å². The Labute approximate surface area is 200 Å². The Kier molecular flexibility index (Phi) is 5.91. The van der Waals surface area contributed by atoms with Crippen molar-refractivity contribution in [3.63, 3.8) is 0 Å². The number of rotatable bonds is 7. The lowest BCUT2D eigenvalue weighted by Gasteiger charge is -2.20. The van der Waals surface area contributed by atoms with Crippen LogP contribution >= 0.6 is 23.2 Å². The number of para-hydroxylation sites is 1. The Balaban J connectivity index is 1.63. The average Bonchev–Trinajstić information content (AvgIpc) is 3.64. The minimum absolute atomic E-state index is 0.0637. The highest BCUT2D eigenvalue weighted by molar-refractivity contribution is 6.43. The molecule has 1 unspecified atom stereocenters. The summed E-state index contributed by atoms with van der Waals surface area (Å²) in [6, 6.07) is 10.9. The molecule has 7 nitrogen and oxygen atoms in total.